The predicted molar refractivity (Wildman–Crippen MR) is 68.5 cm³/mol. The van der Waals surface area contributed by atoms with Crippen molar-refractivity contribution in [2.24, 2.45) is 0 Å². The van der Waals surface area contributed by atoms with E-state index in [0.29, 0.717) is 5.56 Å². The Balaban J connectivity index is 2.30. The van der Waals surface area contributed by atoms with Gasteiger partial charge in [0.2, 0.25) is 0 Å². The molecule has 0 aliphatic rings. The molecule has 4 heteroatoms. The van der Waals surface area contributed by atoms with E-state index in [-0.39, 0.29) is 0 Å². The van der Waals surface area contributed by atoms with Crippen LogP contribution in [0, 0.1) is 0 Å². The van der Waals surface area contributed by atoms with Crippen LogP contribution in [-0.4, -0.2) is 17.3 Å². The van der Waals surface area contributed by atoms with Crippen molar-refractivity contribution in [3.8, 4) is 10.4 Å². The number of benzene rings is 1. The number of hydrogen-bond donors (Lipinski definition) is 1. The van der Waals surface area contributed by atoms with Crippen LogP contribution >= 0.6 is 23.1 Å². The van der Waals surface area contributed by atoms with Gasteiger partial charge < -0.3 is 5.11 Å². The molecule has 1 aromatic heterocycles. The number of aromatic carboxylic acids is 1. The molecule has 0 radical (unpaired) electrons. The summed E-state index contributed by atoms with van der Waals surface area (Å²) in [7, 11) is 0. The summed E-state index contributed by atoms with van der Waals surface area (Å²) < 4.78 is 1.26. The summed E-state index contributed by atoms with van der Waals surface area (Å²) in [6.45, 7) is 0. The normalized spacial score (nSPS) is 10.3. The molecule has 0 fully saturated rings. The van der Waals surface area contributed by atoms with Crippen LogP contribution < -0.4 is 0 Å². The molecule has 2 nitrogen and oxygen atoms in total. The van der Waals surface area contributed by atoms with Gasteiger partial charge in [-0.05, 0) is 36.1 Å². The minimum Gasteiger partial charge on any atom is -0.478 e. The first-order chi connectivity index (χ1) is 7.70. The zero-order chi connectivity index (χ0) is 11.5. The van der Waals surface area contributed by atoms with Crippen LogP contribution in [0.4, 0.5) is 0 Å². The van der Waals surface area contributed by atoms with Gasteiger partial charge in [0.1, 0.15) is 0 Å². The second-order valence-corrected chi connectivity index (χ2v) is 5.40. The monoisotopic (exact) mass is 250 g/mol. The van der Waals surface area contributed by atoms with Crippen LogP contribution in [0.15, 0.2) is 40.6 Å². The van der Waals surface area contributed by atoms with E-state index >= 15 is 0 Å². The van der Waals surface area contributed by atoms with Gasteiger partial charge in [-0.2, -0.15) is 0 Å². The molecule has 0 aliphatic carbocycles. The Kier molecular flexibility index (Phi) is 3.31. The smallest absolute Gasteiger partial charge is 0.335 e. The molecule has 82 valence electrons. The molecular formula is C12H10O2S2. The standard InChI is InChI=1S/C12H10O2S2/c1-15-11-7-6-10(16-11)8-2-4-9(5-3-8)12(13)14/h2-7H,1H3,(H,13,14). The molecule has 0 spiro atoms. The third-order valence-corrected chi connectivity index (χ3v) is 4.42. The summed E-state index contributed by atoms with van der Waals surface area (Å²) in [4.78, 5) is 11.9. The average molecular weight is 250 g/mol. The van der Waals surface area contributed by atoms with Crippen LogP contribution in [0.1, 0.15) is 10.4 Å². The highest BCUT2D eigenvalue weighted by atomic mass is 32.2. The van der Waals surface area contributed by atoms with Gasteiger partial charge in [0.15, 0.2) is 0 Å². The topological polar surface area (TPSA) is 37.3 Å². The lowest BCUT2D eigenvalue weighted by Gasteiger charge is -1.98. The number of thiophene rings is 1. The van der Waals surface area contributed by atoms with Crippen molar-refractivity contribution in [3.05, 3.63) is 42.0 Å². The lowest BCUT2D eigenvalue weighted by molar-refractivity contribution is 0.0697. The molecule has 0 bridgehead atoms. The average Bonchev–Trinajstić information content (AvgIpc) is 2.77. The molecule has 1 heterocycles. The Bertz CT molecular complexity index is 500. The van der Waals surface area contributed by atoms with Gasteiger partial charge in [0.05, 0.1) is 9.77 Å². The molecule has 16 heavy (non-hydrogen) atoms. The zero-order valence-corrected chi connectivity index (χ0v) is 10.3. The molecule has 0 atom stereocenters. The number of hydrogen-bond acceptors (Lipinski definition) is 3. The van der Waals surface area contributed by atoms with Crippen LogP contribution in [0.3, 0.4) is 0 Å². The van der Waals surface area contributed by atoms with Crippen molar-refractivity contribution in [1.29, 1.82) is 0 Å². The third-order valence-electron chi connectivity index (χ3n) is 2.20. The van der Waals surface area contributed by atoms with E-state index in [0.717, 1.165) is 5.56 Å². The maximum absolute atomic E-state index is 10.7. The number of thioether (sulfide) groups is 1. The number of carboxylic acids is 1. The Hall–Kier alpha value is -1.26. The SMILES string of the molecule is CSc1ccc(-c2ccc(C(=O)O)cc2)s1. The fraction of sp³-hybridized carbons (Fsp3) is 0.0833. The molecule has 0 saturated heterocycles. The summed E-state index contributed by atoms with van der Waals surface area (Å²) in [6.07, 6.45) is 2.04. The summed E-state index contributed by atoms with van der Waals surface area (Å²) in [5, 5.41) is 8.79. The van der Waals surface area contributed by atoms with Crippen molar-refractivity contribution in [1.82, 2.24) is 0 Å². The number of carbonyl (C=O) groups is 1. The van der Waals surface area contributed by atoms with Gasteiger partial charge in [0, 0.05) is 4.88 Å². The quantitative estimate of drug-likeness (QED) is 0.841. The molecule has 0 saturated carbocycles. The minimum atomic E-state index is -0.887. The highest BCUT2D eigenvalue weighted by Gasteiger charge is 2.05. The first kappa shape index (κ1) is 11.2. The lowest BCUT2D eigenvalue weighted by atomic mass is 10.1. The van der Waals surface area contributed by atoms with E-state index in [4.69, 9.17) is 5.11 Å². The minimum absolute atomic E-state index is 0.324. The first-order valence-corrected chi connectivity index (χ1v) is 6.72. The van der Waals surface area contributed by atoms with Gasteiger partial charge in [-0.25, -0.2) is 4.79 Å². The van der Waals surface area contributed by atoms with Gasteiger partial charge in [-0.3, -0.25) is 0 Å². The summed E-state index contributed by atoms with van der Waals surface area (Å²) in [6, 6.07) is 11.1. The first-order valence-electron chi connectivity index (χ1n) is 4.68. The van der Waals surface area contributed by atoms with Crippen LogP contribution in [0.25, 0.3) is 10.4 Å². The van der Waals surface area contributed by atoms with E-state index in [9.17, 15) is 4.79 Å². The molecule has 2 aromatic rings. The van der Waals surface area contributed by atoms with Gasteiger partial charge >= 0.3 is 5.97 Å². The second kappa shape index (κ2) is 4.72. The lowest BCUT2D eigenvalue weighted by Crippen LogP contribution is -1.94. The second-order valence-electron chi connectivity index (χ2n) is 3.21. The summed E-state index contributed by atoms with van der Waals surface area (Å²) >= 11 is 3.43. The van der Waals surface area contributed by atoms with Crippen LogP contribution in [0.2, 0.25) is 0 Å². The Morgan fingerprint density at radius 1 is 1.19 bits per heavy atom. The maximum atomic E-state index is 10.7. The summed E-state index contributed by atoms with van der Waals surface area (Å²) in [5.41, 5.74) is 1.39. The maximum Gasteiger partial charge on any atom is 0.335 e. The highest BCUT2D eigenvalue weighted by Crippen LogP contribution is 2.32. The van der Waals surface area contributed by atoms with Gasteiger partial charge in [-0.15, -0.1) is 23.1 Å². The molecule has 0 unspecified atom stereocenters. The van der Waals surface area contributed by atoms with E-state index < -0.39 is 5.97 Å². The Morgan fingerprint density at radius 3 is 2.38 bits per heavy atom. The molecular weight excluding hydrogens is 240 g/mol. The number of carboxylic acid groups (broad SMARTS) is 1. The molecule has 1 N–H and O–H groups in total. The fourth-order valence-corrected chi connectivity index (χ4v) is 2.91. The van der Waals surface area contributed by atoms with Crippen molar-refractivity contribution in [3.63, 3.8) is 0 Å². The summed E-state index contributed by atoms with van der Waals surface area (Å²) in [5.74, 6) is -0.887. The van der Waals surface area contributed by atoms with Crippen molar-refractivity contribution < 1.29 is 9.90 Å². The molecule has 0 aliphatic heterocycles. The molecule has 0 amide bonds. The Morgan fingerprint density at radius 2 is 1.88 bits per heavy atom. The highest BCUT2D eigenvalue weighted by molar-refractivity contribution is 8.00. The van der Waals surface area contributed by atoms with Gasteiger partial charge in [-0.1, -0.05) is 12.1 Å². The van der Waals surface area contributed by atoms with E-state index in [1.54, 1.807) is 35.2 Å². The van der Waals surface area contributed by atoms with E-state index in [1.807, 2.05) is 18.4 Å². The number of rotatable bonds is 3. The van der Waals surface area contributed by atoms with Crippen LogP contribution in [0.5, 0.6) is 0 Å². The Labute approximate surface area is 102 Å². The van der Waals surface area contributed by atoms with E-state index in [1.165, 1.54) is 9.09 Å². The van der Waals surface area contributed by atoms with Crippen molar-refractivity contribution in [2.75, 3.05) is 6.26 Å². The zero-order valence-electron chi connectivity index (χ0n) is 8.64. The molecule has 2 rings (SSSR count). The molecule has 1 aromatic carbocycles. The third kappa shape index (κ3) is 2.28. The van der Waals surface area contributed by atoms with E-state index in [2.05, 4.69) is 12.1 Å². The largest absolute Gasteiger partial charge is 0.478 e. The van der Waals surface area contributed by atoms with Crippen molar-refractivity contribution >= 4 is 29.1 Å². The van der Waals surface area contributed by atoms with Crippen molar-refractivity contribution in [2.45, 2.75) is 4.21 Å². The van der Waals surface area contributed by atoms with Gasteiger partial charge in [0.25, 0.3) is 0 Å². The van der Waals surface area contributed by atoms with Crippen LogP contribution in [-0.2, 0) is 0 Å². The predicted octanol–water partition coefficient (Wildman–Crippen LogP) is 3.84. The fourth-order valence-electron chi connectivity index (χ4n) is 1.36.